The van der Waals surface area contributed by atoms with E-state index in [-0.39, 0.29) is 11.9 Å². The normalized spacial score (nSPS) is 20.4. The van der Waals surface area contributed by atoms with E-state index < -0.39 is 23.1 Å². The molecule has 166 valence electrons. The molecule has 0 bridgehead atoms. The van der Waals surface area contributed by atoms with Gasteiger partial charge in [0.05, 0.1) is 25.4 Å². The van der Waals surface area contributed by atoms with Gasteiger partial charge in [-0.1, -0.05) is 0 Å². The first-order chi connectivity index (χ1) is 14.9. The minimum atomic E-state index is -1.35. The topological polar surface area (TPSA) is 62.8 Å². The minimum absolute atomic E-state index is 0.146. The van der Waals surface area contributed by atoms with Gasteiger partial charge in [0, 0.05) is 44.8 Å². The summed E-state index contributed by atoms with van der Waals surface area (Å²) in [6, 6.07) is 4.35. The van der Waals surface area contributed by atoms with E-state index in [9.17, 15) is 13.2 Å². The summed E-state index contributed by atoms with van der Waals surface area (Å²) >= 11 is 0. The van der Waals surface area contributed by atoms with Gasteiger partial charge >= 0.3 is 0 Å². The molecule has 0 amide bonds. The van der Waals surface area contributed by atoms with Gasteiger partial charge in [-0.25, -0.2) is 13.8 Å². The molecule has 0 unspecified atom stereocenters. The average Bonchev–Trinajstić information content (AvgIpc) is 2.64. The molecule has 0 radical (unpaired) electrons. The zero-order valence-electron chi connectivity index (χ0n) is 17.4. The zero-order valence-corrected chi connectivity index (χ0v) is 17.4. The lowest BCUT2D eigenvalue weighted by Gasteiger charge is -2.48. The number of nitrogens with one attached hydrogen (secondary N) is 1. The zero-order chi connectivity index (χ0) is 21.7. The van der Waals surface area contributed by atoms with Gasteiger partial charge in [-0.2, -0.15) is 9.37 Å². The predicted octanol–water partition coefficient (Wildman–Crippen LogP) is 2.58. The molecule has 5 heterocycles. The van der Waals surface area contributed by atoms with Crippen LogP contribution in [0.2, 0.25) is 0 Å². The maximum Gasteiger partial charge on any atom is 0.251 e. The first-order valence-electron chi connectivity index (χ1n) is 10.3. The van der Waals surface area contributed by atoms with Crippen LogP contribution in [0.4, 0.5) is 30.6 Å². The van der Waals surface area contributed by atoms with Gasteiger partial charge in [-0.15, -0.1) is 0 Å². The summed E-state index contributed by atoms with van der Waals surface area (Å²) in [4.78, 5) is 12.4. The Bertz CT molecular complexity index is 991. The molecule has 7 nitrogen and oxygen atoms in total. The molecule has 3 fully saturated rings. The summed E-state index contributed by atoms with van der Waals surface area (Å²) in [7, 11) is 1.67. The Labute approximate surface area is 178 Å². The molecule has 5 rings (SSSR count). The summed E-state index contributed by atoms with van der Waals surface area (Å²) in [6.07, 6.45) is 0.146. The van der Waals surface area contributed by atoms with Crippen molar-refractivity contribution in [3.05, 3.63) is 40.8 Å². The van der Waals surface area contributed by atoms with Crippen LogP contribution >= 0.6 is 0 Å². The molecule has 3 aliphatic heterocycles. The van der Waals surface area contributed by atoms with E-state index in [1.54, 1.807) is 7.11 Å². The molecule has 2 aromatic rings. The number of likely N-dealkylation sites (tertiary alicyclic amines) is 1. The number of methoxy groups -OCH3 is 1. The van der Waals surface area contributed by atoms with Gasteiger partial charge in [0.25, 0.3) is 5.95 Å². The van der Waals surface area contributed by atoms with E-state index in [0.29, 0.717) is 30.9 Å². The van der Waals surface area contributed by atoms with Crippen LogP contribution in [0, 0.1) is 24.5 Å². The van der Waals surface area contributed by atoms with E-state index in [0.717, 1.165) is 37.7 Å². The van der Waals surface area contributed by atoms with E-state index in [4.69, 9.17) is 9.47 Å². The van der Waals surface area contributed by atoms with Crippen molar-refractivity contribution in [2.24, 2.45) is 0 Å². The van der Waals surface area contributed by atoms with Crippen LogP contribution in [0.5, 0.6) is 0 Å². The molecule has 0 saturated carbocycles. The van der Waals surface area contributed by atoms with Crippen molar-refractivity contribution in [1.82, 2.24) is 14.9 Å². The van der Waals surface area contributed by atoms with Crippen molar-refractivity contribution < 1.29 is 22.6 Å². The van der Waals surface area contributed by atoms with Crippen molar-refractivity contribution >= 4 is 17.5 Å². The highest BCUT2D eigenvalue weighted by Crippen LogP contribution is 2.35. The Morgan fingerprint density at radius 3 is 2.45 bits per heavy atom. The molecular formula is C21H24F3N5O2. The first-order valence-corrected chi connectivity index (χ1v) is 10.3. The van der Waals surface area contributed by atoms with Gasteiger partial charge in [0.1, 0.15) is 11.6 Å². The lowest BCUT2D eigenvalue weighted by atomic mass is 9.89. The number of halogens is 3. The van der Waals surface area contributed by atoms with Crippen molar-refractivity contribution in [3.8, 4) is 0 Å². The summed E-state index contributed by atoms with van der Waals surface area (Å²) < 4.78 is 52.5. The van der Waals surface area contributed by atoms with Gasteiger partial charge < -0.3 is 19.7 Å². The Morgan fingerprint density at radius 1 is 1.06 bits per heavy atom. The molecule has 0 atom stereocenters. The van der Waals surface area contributed by atoms with E-state index >= 15 is 0 Å². The third-order valence-electron chi connectivity index (χ3n) is 6.36. The van der Waals surface area contributed by atoms with Gasteiger partial charge in [-0.05, 0) is 24.6 Å². The summed E-state index contributed by atoms with van der Waals surface area (Å²) in [5, 5.41) is 2.75. The second kappa shape index (κ2) is 7.92. The maximum absolute atomic E-state index is 14.5. The van der Waals surface area contributed by atoms with Crippen molar-refractivity contribution in [2.45, 2.75) is 25.0 Å². The van der Waals surface area contributed by atoms with E-state index in [1.807, 2.05) is 12.1 Å². The highest BCUT2D eigenvalue weighted by atomic mass is 19.2. The molecule has 0 aromatic carbocycles. The fourth-order valence-corrected chi connectivity index (χ4v) is 4.06. The van der Waals surface area contributed by atoms with Crippen LogP contribution in [0.3, 0.4) is 0 Å². The minimum Gasteiger partial charge on any atom is -0.378 e. The maximum atomic E-state index is 14.5. The van der Waals surface area contributed by atoms with Crippen molar-refractivity contribution in [2.75, 3.05) is 56.7 Å². The number of pyridine rings is 2. The molecule has 3 saturated heterocycles. The van der Waals surface area contributed by atoms with Gasteiger partial charge in [-0.3, -0.25) is 4.90 Å². The first kappa shape index (κ1) is 20.5. The monoisotopic (exact) mass is 435 g/mol. The summed E-state index contributed by atoms with van der Waals surface area (Å²) in [5.41, 5.74) is 0.638. The fraction of sp³-hybridized carbons (Fsp3) is 0.524. The number of hydrogen-bond acceptors (Lipinski definition) is 7. The predicted molar refractivity (Wildman–Crippen MR) is 108 cm³/mol. The molecule has 2 aromatic heterocycles. The molecule has 31 heavy (non-hydrogen) atoms. The third-order valence-corrected chi connectivity index (χ3v) is 6.36. The largest absolute Gasteiger partial charge is 0.378 e. The molecule has 1 N–H and O–H groups in total. The number of anilines is 3. The third kappa shape index (κ3) is 3.72. The Balaban J connectivity index is 1.41. The van der Waals surface area contributed by atoms with Crippen molar-refractivity contribution in [1.29, 1.82) is 0 Å². The smallest absolute Gasteiger partial charge is 0.251 e. The molecule has 0 aliphatic carbocycles. The Kier molecular flexibility index (Phi) is 5.23. The van der Waals surface area contributed by atoms with Crippen LogP contribution in [0.25, 0.3) is 0 Å². The summed E-state index contributed by atoms with van der Waals surface area (Å²) in [6.45, 7) is 5.96. The Morgan fingerprint density at radius 2 is 1.81 bits per heavy atom. The van der Waals surface area contributed by atoms with E-state index in [2.05, 4.69) is 25.1 Å². The molecule has 3 aliphatic rings. The van der Waals surface area contributed by atoms with Crippen LogP contribution in [0.15, 0.2) is 12.1 Å². The highest BCUT2D eigenvalue weighted by Gasteiger charge is 2.37. The second-order valence-corrected chi connectivity index (χ2v) is 8.38. The molecule has 10 heteroatoms. The van der Waals surface area contributed by atoms with Gasteiger partial charge in [0.2, 0.25) is 0 Å². The fourth-order valence-electron chi connectivity index (χ4n) is 4.06. The summed E-state index contributed by atoms with van der Waals surface area (Å²) in [5.74, 6) is -2.56. The number of aromatic nitrogens is 2. The quantitative estimate of drug-likeness (QED) is 0.700. The highest BCUT2D eigenvalue weighted by molar-refractivity contribution is 5.59. The van der Waals surface area contributed by atoms with E-state index in [1.165, 1.54) is 6.92 Å². The van der Waals surface area contributed by atoms with Crippen LogP contribution < -0.4 is 10.2 Å². The van der Waals surface area contributed by atoms with Crippen LogP contribution in [-0.2, 0) is 9.47 Å². The average molecular weight is 435 g/mol. The SMILES string of the molecule is COC1CN(c2cc(C3CN(C4COC4)C3)cc(Nc3nc(F)c(F)c(C)c3F)n2)C1. The molecular weight excluding hydrogens is 411 g/mol. The van der Waals surface area contributed by atoms with Crippen molar-refractivity contribution in [3.63, 3.8) is 0 Å². The van der Waals surface area contributed by atoms with Crippen LogP contribution in [-0.4, -0.2) is 73.5 Å². The number of rotatable bonds is 6. The standard InChI is InChI=1S/C21H24F3N5O2/c1-11-18(22)20(24)27-21(19(11)23)26-16-3-12(13-5-28(6-13)14-9-31-10-14)4-17(25-16)29-7-15(8-29)30-2/h3-4,13-15H,5-10H2,1-2H3,(H,25,26,27). The number of hydrogen-bond donors (Lipinski definition) is 1. The Hall–Kier alpha value is -2.43. The number of ether oxygens (including phenoxy) is 2. The van der Waals surface area contributed by atoms with Gasteiger partial charge in [0.15, 0.2) is 17.5 Å². The molecule has 0 spiro atoms. The lowest BCUT2D eigenvalue weighted by Crippen LogP contribution is -2.58. The second-order valence-electron chi connectivity index (χ2n) is 8.38. The van der Waals surface area contributed by atoms with Crippen LogP contribution in [0.1, 0.15) is 17.0 Å². The lowest BCUT2D eigenvalue weighted by molar-refractivity contribution is -0.0906. The number of nitrogens with zero attached hydrogens (tertiary/aromatic N) is 4.